The molecule has 0 bridgehead atoms. The Morgan fingerprint density at radius 2 is 2.19 bits per heavy atom. The number of hydrogen-bond donors (Lipinski definition) is 0. The van der Waals surface area contributed by atoms with Gasteiger partial charge in [-0.3, -0.25) is 0 Å². The number of aromatic nitrogens is 2. The van der Waals surface area contributed by atoms with E-state index in [4.69, 9.17) is 16.3 Å². The molecule has 16 heavy (non-hydrogen) atoms. The van der Waals surface area contributed by atoms with Gasteiger partial charge in [0.15, 0.2) is 0 Å². The highest BCUT2D eigenvalue weighted by Crippen LogP contribution is 2.18. The zero-order chi connectivity index (χ0) is 11.5. The van der Waals surface area contributed by atoms with Crippen molar-refractivity contribution in [2.45, 2.75) is 26.0 Å². The highest BCUT2D eigenvalue weighted by atomic mass is 35.5. The van der Waals surface area contributed by atoms with Crippen LogP contribution in [0.1, 0.15) is 12.5 Å². The fourth-order valence-corrected chi connectivity index (χ4v) is 1.91. The molecule has 0 amide bonds. The lowest BCUT2D eigenvalue weighted by molar-refractivity contribution is 0.0358. The Morgan fingerprint density at radius 3 is 2.81 bits per heavy atom. The normalized spacial score (nSPS) is 25.8. The van der Waals surface area contributed by atoms with Crippen LogP contribution in [0.3, 0.4) is 0 Å². The van der Waals surface area contributed by atoms with E-state index in [9.17, 15) is 0 Å². The van der Waals surface area contributed by atoms with Crippen molar-refractivity contribution in [3.05, 3.63) is 18.0 Å². The van der Waals surface area contributed by atoms with Crippen molar-refractivity contribution in [2.75, 3.05) is 23.9 Å². The van der Waals surface area contributed by atoms with Crippen LogP contribution in [0.2, 0.25) is 0 Å². The molecule has 0 saturated carbocycles. The lowest BCUT2D eigenvalue weighted by Gasteiger charge is -2.37. The summed E-state index contributed by atoms with van der Waals surface area (Å²) >= 11 is 5.81. The van der Waals surface area contributed by atoms with Crippen molar-refractivity contribution in [1.29, 1.82) is 0 Å². The molecule has 1 saturated heterocycles. The first-order chi connectivity index (χ1) is 7.70. The number of halogens is 1. The first-order valence-corrected chi connectivity index (χ1v) is 5.97. The predicted octanol–water partition coefficient (Wildman–Crippen LogP) is 1.62. The van der Waals surface area contributed by atoms with Gasteiger partial charge in [-0.25, -0.2) is 9.97 Å². The van der Waals surface area contributed by atoms with E-state index >= 15 is 0 Å². The summed E-state index contributed by atoms with van der Waals surface area (Å²) in [4.78, 5) is 10.8. The number of aryl methyl sites for hydroxylation is 1. The molecule has 4 nitrogen and oxygen atoms in total. The van der Waals surface area contributed by atoms with Crippen molar-refractivity contribution < 1.29 is 4.74 Å². The van der Waals surface area contributed by atoms with Crippen molar-refractivity contribution in [3.8, 4) is 0 Å². The molecule has 1 aromatic heterocycles. The van der Waals surface area contributed by atoms with Gasteiger partial charge in [-0.05, 0) is 19.4 Å². The molecule has 0 N–H and O–H groups in total. The topological polar surface area (TPSA) is 38.2 Å². The number of rotatable bonds is 2. The van der Waals surface area contributed by atoms with Gasteiger partial charge in [-0.1, -0.05) is 0 Å². The van der Waals surface area contributed by atoms with E-state index in [2.05, 4.69) is 21.8 Å². The first-order valence-electron chi connectivity index (χ1n) is 5.43. The molecule has 0 spiro atoms. The van der Waals surface area contributed by atoms with Crippen molar-refractivity contribution in [1.82, 2.24) is 9.97 Å². The van der Waals surface area contributed by atoms with Crippen LogP contribution >= 0.6 is 11.6 Å². The average molecular weight is 242 g/mol. The van der Waals surface area contributed by atoms with E-state index in [0.29, 0.717) is 18.5 Å². The Bertz CT molecular complexity index is 344. The summed E-state index contributed by atoms with van der Waals surface area (Å²) < 4.78 is 5.59. The summed E-state index contributed by atoms with van der Waals surface area (Å²) in [6, 6.07) is 0.294. The second kappa shape index (κ2) is 4.97. The summed E-state index contributed by atoms with van der Waals surface area (Å²) in [6.07, 6.45) is 3.74. The van der Waals surface area contributed by atoms with Gasteiger partial charge in [-0.15, -0.1) is 11.6 Å². The smallest absolute Gasteiger partial charge is 0.225 e. The highest BCUT2D eigenvalue weighted by Gasteiger charge is 2.27. The van der Waals surface area contributed by atoms with E-state index in [0.717, 1.165) is 18.1 Å². The van der Waals surface area contributed by atoms with Crippen LogP contribution in [0.4, 0.5) is 5.95 Å². The van der Waals surface area contributed by atoms with Gasteiger partial charge in [0.2, 0.25) is 5.95 Å². The lowest BCUT2D eigenvalue weighted by Crippen LogP contribution is -2.49. The SMILES string of the molecule is Cc1cnc(N2CC(CCl)OCC2C)nc1. The van der Waals surface area contributed by atoms with Crippen LogP contribution in [-0.4, -0.2) is 41.1 Å². The van der Waals surface area contributed by atoms with E-state index in [-0.39, 0.29) is 6.10 Å². The molecule has 1 fully saturated rings. The van der Waals surface area contributed by atoms with Crippen LogP contribution in [0, 0.1) is 6.92 Å². The lowest BCUT2D eigenvalue weighted by atomic mass is 10.2. The summed E-state index contributed by atoms with van der Waals surface area (Å²) in [5, 5.41) is 0. The number of morpholine rings is 1. The zero-order valence-electron chi connectivity index (χ0n) is 9.56. The Kier molecular flexibility index (Phi) is 3.61. The monoisotopic (exact) mass is 241 g/mol. The second-order valence-corrected chi connectivity index (χ2v) is 4.48. The summed E-state index contributed by atoms with van der Waals surface area (Å²) in [7, 11) is 0. The molecule has 0 radical (unpaired) electrons. The number of nitrogens with zero attached hydrogens (tertiary/aromatic N) is 3. The second-order valence-electron chi connectivity index (χ2n) is 4.17. The number of alkyl halides is 1. The van der Waals surface area contributed by atoms with Gasteiger partial charge in [-0.2, -0.15) is 0 Å². The maximum absolute atomic E-state index is 5.81. The van der Waals surface area contributed by atoms with Gasteiger partial charge >= 0.3 is 0 Å². The molecule has 1 aliphatic rings. The van der Waals surface area contributed by atoms with Gasteiger partial charge in [0.1, 0.15) is 0 Å². The molecule has 1 aliphatic heterocycles. The number of hydrogen-bond acceptors (Lipinski definition) is 4. The molecule has 2 unspecified atom stereocenters. The van der Waals surface area contributed by atoms with Gasteiger partial charge in [0, 0.05) is 18.9 Å². The van der Waals surface area contributed by atoms with E-state index in [1.165, 1.54) is 0 Å². The molecule has 2 atom stereocenters. The predicted molar refractivity (Wildman–Crippen MR) is 64.0 cm³/mol. The van der Waals surface area contributed by atoms with Crippen LogP contribution in [0.15, 0.2) is 12.4 Å². The Morgan fingerprint density at radius 1 is 1.50 bits per heavy atom. The quantitative estimate of drug-likeness (QED) is 0.738. The maximum atomic E-state index is 5.81. The van der Waals surface area contributed by atoms with E-state index in [1.54, 1.807) is 0 Å². The Labute approximate surface area is 101 Å². The third-order valence-corrected chi connectivity index (χ3v) is 3.05. The molecule has 0 aliphatic carbocycles. The van der Waals surface area contributed by atoms with Gasteiger partial charge in [0.05, 0.1) is 24.6 Å². The zero-order valence-corrected chi connectivity index (χ0v) is 10.3. The molecular formula is C11H16ClN3O. The molecule has 1 aromatic rings. The highest BCUT2D eigenvalue weighted by molar-refractivity contribution is 6.18. The van der Waals surface area contributed by atoms with E-state index in [1.807, 2.05) is 19.3 Å². The Hall–Kier alpha value is -0.870. The van der Waals surface area contributed by atoms with Crippen LogP contribution in [-0.2, 0) is 4.74 Å². The maximum Gasteiger partial charge on any atom is 0.225 e. The fourth-order valence-electron chi connectivity index (χ4n) is 1.72. The van der Waals surface area contributed by atoms with E-state index < -0.39 is 0 Å². The minimum atomic E-state index is 0.0720. The summed E-state index contributed by atoms with van der Waals surface area (Å²) in [5.74, 6) is 1.27. The Balaban J connectivity index is 2.14. The first kappa shape index (κ1) is 11.6. The van der Waals surface area contributed by atoms with Crippen LogP contribution in [0.25, 0.3) is 0 Å². The van der Waals surface area contributed by atoms with Gasteiger partial charge < -0.3 is 9.64 Å². The minimum Gasteiger partial charge on any atom is -0.373 e. The van der Waals surface area contributed by atoms with Gasteiger partial charge in [0.25, 0.3) is 0 Å². The summed E-state index contributed by atoms with van der Waals surface area (Å²) in [5.41, 5.74) is 1.07. The molecular weight excluding hydrogens is 226 g/mol. The molecule has 5 heteroatoms. The number of anilines is 1. The van der Waals surface area contributed by atoms with Crippen LogP contribution < -0.4 is 4.90 Å². The molecule has 0 aromatic carbocycles. The molecule has 2 rings (SSSR count). The standard InChI is InChI=1S/C11H16ClN3O/c1-8-4-13-11(14-5-8)15-6-10(3-12)16-7-9(15)2/h4-5,9-10H,3,6-7H2,1-2H3. The van der Waals surface area contributed by atoms with Crippen molar-refractivity contribution >= 4 is 17.5 Å². The van der Waals surface area contributed by atoms with Crippen molar-refractivity contribution in [2.24, 2.45) is 0 Å². The third-order valence-electron chi connectivity index (χ3n) is 2.70. The average Bonchev–Trinajstić information content (AvgIpc) is 2.31. The fraction of sp³-hybridized carbons (Fsp3) is 0.636. The largest absolute Gasteiger partial charge is 0.373 e. The van der Waals surface area contributed by atoms with Crippen LogP contribution in [0.5, 0.6) is 0 Å². The molecule has 2 heterocycles. The van der Waals surface area contributed by atoms with Crippen molar-refractivity contribution in [3.63, 3.8) is 0 Å². The number of ether oxygens (including phenoxy) is 1. The third kappa shape index (κ3) is 2.44. The minimum absolute atomic E-state index is 0.0720. The molecule has 88 valence electrons. The summed E-state index contributed by atoms with van der Waals surface area (Å²) in [6.45, 7) is 5.52.